The molecule has 20 heavy (non-hydrogen) atoms. The van der Waals surface area contributed by atoms with Crippen LogP contribution in [-0.2, 0) is 11.3 Å². The number of nitrogens with zero attached hydrogens (tertiary/aromatic N) is 2. The van der Waals surface area contributed by atoms with Crippen LogP contribution < -0.4 is 10.2 Å². The molecule has 0 spiro atoms. The molecule has 1 N–H and O–H groups in total. The van der Waals surface area contributed by atoms with Gasteiger partial charge in [0.1, 0.15) is 5.82 Å². The average Bonchev–Trinajstić information content (AvgIpc) is 2.81. The van der Waals surface area contributed by atoms with E-state index in [1.165, 1.54) is 0 Å². The minimum atomic E-state index is 0.109. The maximum Gasteiger partial charge on any atom is 0.128 e. The first-order valence-electron chi connectivity index (χ1n) is 7.42. The molecule has 1 saturated heterocycles. The SMILES string of the molecule is CC1OCCC1N(C)c1cccc(CNC(C)(C)C)n1. The molecule has 2 atom stereocenters. The quantitative estimate of drug-likeness (QED) is 0.918. The van der Waals surface area contributed by atoms with Crippen molar-refractivity contribution < 1.29 is 4.74 Å². The number of hydrogen-bond acceptors (Lipinski definition) is 4. The van der Waals surface area contributed by atoms with Crippen molar-refractivity contribution in [3.8, 4) is 0 Å². The van der Waals surface area contributed by atoms with Gasteiger partial charge < -0.3 is 15.0 Å². The van der Waals surface area contributed by atoms with E-state index >= 15 is 0 Å². The summed E-state index contributed by atoms with van der Waals surface area (Å²) in [6.45, 7) is 10.3. The third-order valence-corrected chi connectivity index (χ3v) is 3.79. The van der Waals surface area contributed by atoms with E-state index < -0.39 is 0 Å². The molecule has 2 unspecified atom stereocenters. The van der Waals surface area contributed by atoms with E-state index in [9.17, 15) is 0 Å². The summed E-state index contributed by atoms with van der Waals surface area (Å²) in [6.07, 6.45) is 1.35. The third kappa shape index (κ3) is 3.93. The number of pyridine rings is 1. The van der Waals surface area contributed by atoms with Gasteiger partial charge >= 0.3 is 0 Å². The lowest BCUT2D eigenvalue weighted by molar-refractivity contribution is 0.118. The van der Waals surface area contributed by atoms with Gasteiger partial charge in [0, 0.05) is 25.7 Å². The van der Waals surface area contributed by atoms with Gasteiger partial charge in [-0.25, -0.2) is 4.98 Å². The van der Waals surface area contributed by atoms with E-state index in [2.05, 4.69) is 63.2 Å². The highest BCUT2D eigenvalue weighted by atomic mass is 16.5. The van der Waals surface area contributed by atoms with E-state index in [4.69, 9.17) is 9.72 Å². The van der Waals surface area contributed by atoms with Gasteiger partial charge in [-0.15, -0.1) is 0 Å². The van der Waals surface area contributed by atoms with Crippen molar-refractivity contribution in [2.75, 3.05) is 18.6 Å². The molecular weight excluding hydrogens is 250 g/mol. The Morgan fingerprint density at radius 3 is 2.75 bits per heavy atom. The van der Waals surface area contributed by atoms with E-state index in [0.717, 1.165) is 31.1 Å². The van der Waals surface area contributed by atoms with Crippen molar-refractivity contribution in [3.63, 3.8) is 0 Å². The molecule has 2 heterocycles. The zero-order chi connectivity index (χ0) is 14.8. The molecule has 0 aromatic carbocycles. The monoisotopic (exact) mass is 277 g/mol. The first kappa shape index (κ1) is 15.3. The van der Waals surface area contributed by atoms with Gasteiger partial charge in [0.2, 0.25) is 0 Å². The van der Waals surface area contributed by atoms with Crippen LogP contribution in [0.1, 0.15) is 39.8 Å². The maximum absolute atomic E-state index is 5.65. The number of ether oxygens (including phenoxy) is 1. The molecule has 0 bridgehead atoms. The minimum Gasteiger partial charge on any atom is -0.376 e. The zero-order valence-corrected chi connectivity index (χ0v) is 13.3. The fourth-order valence-electron chi connectivity index (χ4n) is 2.52. The van der Waals surface area contributed by atoms with Gasteiger partial charge in [-0.3, -0.25) is 0 Å². The summed E-state index contributed by atoms with van der Waals surface area (Å²) in [6, 6.07) is 6.66. The fraction of sp³-hybridized carbons (Fsp3) is 0.688. The van der Waals surface area contributed by atoms with Crippen molar-refractivity contribution in [1.82, 2.24) is 10.3 Å². The summed E-state index contributed by atoms with van der Waals surface area (Å²) in [4.78, 5) is 7.01. The first-order chi connectivity index (χ1) is 9.37. The van der Waals surface area contributed by atoms with Crippen molar-refractivity contribution in [2.45, 2.75) is 58.3 Å². The molecule has 4 nitrogen and oxygen atoms in total. The fourth-order valence-corrected chi connectivity index (χ4v) is 2.52. The molecule has 0 radical (unpaired) electrons. The number of anilines is 1. The number of nitrogens with one attached hydrogen (secondary N) is 1. The second-order valence-electron chi connectivity index (χ2n) is 6.63. The largest absolute Gasteiger partial charge is 0.376 e. The molecule has 112 valence electrons. The van der Waals surface area contributed by atoms with Gasteiger partial charge in [-0.2, -0.15) is 0 Å². The third-order valence-electron chi connectivity index (χ3n) is 3.79. The Labute approximate surface area is 122 Å². The Kier molecular flexibility index (Phi) is 4.66. The lowest BCUT2D eigenvalue weighted by Crippen LogP contribution is -2.38. The predicted octanol–water partition coefficient (Wildman–Crippen LogP) is 2.58. The molecule has 4 heteroatoms. The van der Waals surface area contributed by atoms with Crippen molar-refractivity contribution in [1.29, 1.82) is 0 Å². The molecule has 0 amide bonds. The lowest BCUT2D eigenvalue weighted by Gasteiger charge is -2.28. The van der Waals surface area contributed by atoms with Crippen molar-refractivity contribution in [2.24, 2.45) is 0 Å². The van der Waals surface area contributed by atoms with Crippen LogP contribution in [0.5, 0.6) is 0 Å². The smallest absolute Gasteiger partial charge is 0.128 e. The number of likely N-dealkylation sites (N-methyl/N-ethyl adjacent to an activating group) is 1. The number of rotatable bonds is 4. The highest BCUT2D eigenvalue weighted by Crippen LogP contribution is 2.23. The van der Waals surface area contributed by atoms with Gasteiger partial charge in [0.15, 0.2) is 0 Å². The molecular formula is C16H27N3O. The zero-order valence-electron chi connectivity index (χ0n) is 13.3. The highest BCUT2D eigenvalue weighted by Gasteiger charge is 2.28. The molecule has 1 fully saturated rings. The van der Waals surface area contributed by atoms with Crippen LogP contribution in [0.15, 0.2) is 18.2 Å². The molecule has 1 aliphatic rings. The number of hydrogen-bond donors (Lipinski definition) is 1. The molecule has 1 aromatic rings. The van der Waals surface area contributed by atoms with E-state index in [1.54, 1.807) is 0 Å². The Morgan fingerprint density at radius 2 is 2.15 bits per heavy atom. The van der Waals surface area contributed by atoms with Gasteiger partial charge in [-0.05, 0) is 46.2 Å². The van der Waals surface area contributed by atoms with Crippen molar-refractivity contribution in [3.05, 3.63) is 23.9 Å². The standard InChI is InChI=1S/C16H27N3O/c1-12-14(9-10-20-12)19(5)15-8-6-7-13(18-15)11-17-16(2,3)4/h6-8,12,14,17H,9-11H2,1-5H3. The Morgan fingerprint density at radius 1 is 1.40 bits per heavy atom. The Hall–Kier alpha value is -1.13. The summed E-state index contributed by atoms with van der Waals surface area (Å²) >= 11 is 0. The van der Waals surface area contributed by atoms with Crippen LogP contribution in [0, 0.1) is 0 Å². The Bertz CT molecular complexity index is 442. The van der Waals surface area contributed by atoms with Crippen molar-refractivity contribution >= 4 is 5.82 Å². The Balaban J connectivity index is 2.05. The maximum atomic E-state index is 5.65. The normalized spacial score (nSPS) is 23.1. The van der Waals surface area contributed by atoms with Crippen LogP contribution in [0.2, 0.25) is 0 Å². The molecule has 1 aromatic heterocycles. The summed E-state index contributed by atoms with van der Waals surface area (Å²) in [5.74, 6) is 1.03. The molecule has 0 aliphatic carbocycles. The van der Waals surface area contributed by atoms with Gasteiger partial charge in [-0.1, -0.05) is 6.07 Å². The van der Waals surface area contributed by atoms with Crippen LogP contribution >= 0.6 is 0 Å². The second-order valence-corrected chi connectivity index (χ2v) is 6.63. The van der Waals surface area contributed by atoms with Crippen LogP contribution in [0.25, 0.3) is 0 Å². The van der Waals surface area contributed by atoms with Gasteiger partial charge in [0.25, 0.3) is 0 Å². The molecule has 0 saturated carbocycles. The summed E-state index contributed by atoms with van der Waals surface area (Å²) < 4.78 is 5.65. The lowest BCUT2D eigenvalue weighted by atomic mass is 10.1. The van der Waals surface area contributed by atoms with E-state index in [0.29, 0.717) is 6.04 Å². The average molecular weight is 277 g/mol. The summed E-state index contributed by atoms with van der Waals surface area (Å²) in [7, 11) is 2.11. The van der Waals surface area contributed by atoms with Gasteiger partial charge in [0.05, 0.1) is 17.8 Å². The van der Waals surface area contributed by atoms with E-state index in [-0.39, 0.29) is 11.6 Å². The van der Waals surface area contributed by atoms with Crippen LogP contribution in [-0.4, -0.2) is 36.3 Å². The minimum absolute atomic E-state index is 0.109. The summed E-state index contributed by atoms with van der Waals surface area (Å²) in [5, 5.41) is 3.48. The summed E-state index contributed by atoms with van der Waals surface area (Å²) in [5.41, 5.74) is 1.19. The van der Waals surface area contributed by atoms with Crippen LogP contribution in [0.4, 0.5) is 5.82 Å². The molecule has 1 aliphatic heterocycles. The topological polar surface area (TPSA) is 37.4 Å². The highest BCUT2D eigenvalue weighted by molar-refractivity contribution is 5.40. The van der Waals surface area contributed by atoms with Crippen LogP contribution in [0.3, 0.4) is 0 Å². The van der Waals surface area contributed by atoms with E-state index in [1.807, 2.05) is 0 Å². The predicted molar refractivity (Wildman–Crippen MR) is 83.1 cm³/mol. The number of aromatic nitrogens is 1. The first-order valence-corrected chi connectivity index (χ1v) is 7.42. The second kappa shape index (κ2) is 6.10. The molecule has 2 rings (SSSR count).